The summed E-state index contributed by atoms with van der Waals surface area (Å²) in [6.45, 7) is 5.66. The van der Waals surface area contributed by atoms with Crippen LogP contribution in [0.15, 0.2) is 12.1 Å². The molecule has 0 amide bonds. The van der Waals surface area contributed by atoms with Crippen molar-refractivity contribution < 1.29 is 13.2 Å². The van der Waals surface area contributed by atoms with E-state index in [0.717, 1.165) is 18.7 Å². The number of rotatable bonds is 7. The smallest absolute Gasteiger partial charge is 0.194 e. The standard InChI is InChI=1S/C15H24F3N3/c1-5-21(10(2)9-20(3)4)14(8-19)11-6-12(16)15(18)13(17)7-11/h6-7,10,14H,5,8-9,19H2,1-4H3. The molecule has 1 aromatic carbocycles. The fourth-order valence-electron chi connectivity index (χ4n) is 2.70. The van der Waals surface area contributed by atoms with Gasteiger partial charge in [0.1, 0.15) is 0 Å². The third kappa shape index (κ3) is 4.43. The van der Waals surface area contributed by atoms with Gasteiger partial charge < -0.3 is 10.6 Å². The molecule has 120 valence electrons. The summed E-state index contributed by atoms with van der Waals surface area (Å²) in [5.41, 5.74) is 6.16. The van der Waals surface area contributed by atoms with Crippen LogP contribution in [0.5, 0.6) is 0 Å². The summed E-state index contributed by atoms with van der Waals surface area (Å²) in [4.78, 5) is 4.10. The topological polar surface area (TPSA) is 32.5 Å². The highest BCUT2D eigenvalue weighted by molar-refractivity contribution is 5.23. The van der Waals surface area contributed by atoms with Crippen LogP contribution in [0.3, 0.4) is 0 Å². The minimum Gasteiger partial charge on any atom is -0.329 e. The predicted molar refractivity (Wildman–Crippen MR) is 78.5 cm³/mol. The van der Waals surface area contributed by atoms with E-state index < -0.39 is 17.5 Å². The van der Waals surface area contributed by atoms with Crippen LogP contribution in [0.1, 0.15) is 25.5 Å². The number of likely N-dealkylation sites (N-methyl/N-ethyl adjacent to an activating group) is 2. The Morgan fingerprint density at radius 2 is 1.67 bits per heavy atom. The highest BCUT2D eigenvalue weighted by atomic mass is 19.2. The van der Waals surface area contributed by atoms with Gasteiger partial charge >= 0.3 is 0 Å². The van der Waals surface area contributed by atoms with Gasteiger partial charge in [-0.1, -0.05) is 6.92 Å². The molecule has 1 rings (SSSR count). The molecule has 0 aliphatic carbocycles. The van der Waals surface area contributed by atoms with Crippen molar-refractivity contribution in [2.45, 2.75) is 25.9 Å². The normalized spacial score (nSPS) is 14.8. The maximum Gasteiger partial charge on any atom is 0.194 e. The molecule has 0 bridgehead atoms. The first kappa shape index (κ1) is 17.9. The first-order valence-electron chi connectivity index (χ1n) is 7.06. The van der Waals surface area contributed by atoms with Crippen LogP contribution in [0.2, 0.25) is 0 Å². The predicted octanol–water partition coefficient (Wildman–Crippen LogP) is 2.38. The molecule has 0 heterocycles. The first-order chi connectivity index (χ1) is 9.81. The van der Waals surface area contributed by atoms with Crippen LogP contribution < -0.4 is 5.73 Å². The first-order valence-corrected chi connectivity index (χ1v) is 7.06. The summed E-state index contributed by atoms with van der Waals surface area (Å²) >= 11 is 0. The van der Waals surface area contributed by atoms with E-state index in [4.69, 9.17) is 5.73 Å². The highest BCUT2D eigenvalue weighted by Gasteiger charge is 2.25. The van der Waals surface area contributed by atoms with Crippen LogP contribution in [0.25, 0.3) is 0 Å². The molecule has 3 nitrogen and oxygen atoms in total. The number of hydrogen-bond acceptors (Lipinski definition) is 3. The quantitative estimate of drug-likeness (QED) is 0.785. The summed E-state index contributed by atoms with van der Waals surface area (Å²) in [6.07, 6.45) is 0. The Morgan fingerprint density at radius 3 is 2.05 bits per heavy atom. The van der Waals surface area contributed by atoms with Crippen molar-refractivity contribution in [3.8, 4) is 0 Å². The van der Waals surface area contributed by atoms with E-state index in [0.29, 0.717) is 12.1 Å². The van der Waals surface area contributed by atoms with Crippen molar-refractivity contribution >= 4 is 0 Å². The molecule has 0 radical (unpaired) electrons. The van der Waals surface area contributed by atoms with E-state index >= 15 is 0 Å². The van der Waals surface area contributed by atoms with Gasteiger partial charge in [0.15, 0.2) is 17.5 Å². The average molecular weight is 303 g/mol. The monoisotopic (exact) mass is 303 g/mol. The van der Waals surface area contributed by atoms with E-state index in [1.165, 1.54) is 0 Å². The summed E-state index contributed by atoms with van der Waals surface area (Å²) in [5.74, 6) is -3.81. The second kappa shape index (κ2) is 7.77. The van der Waals surface area contributed by atoms with E-state index in [9.17, 15) is 13.2 Å². The third-order valence-electron chi connectivity index (χ3n) is 3.58. The molecule has 2 N–H and O–H groups in total. The van der Waals surface area contributed by atoms with Crippen molar-refractivity contribution in [3.05, 3.63) is 35.1 Å². The molecule has 6 heteroatoms. The zero-order valence-corrected chi connectivity index (χ0v) is 13.0. The number of hydrogen-bond donors (Lipinski definition) is 1. The fraction of sp³-hybridized carbons (Fsp3) is 0.600. The van der Waals surface area contributed by atoms with Gasteiger partial charge in [-0.2, -0.15) is 0 Å². The number of nitrogens with zero attached hydrogens (tertiary/aromatic N) is 2. The Labute approximate surface area is 124 Å². The van der Waals surface area contributed by atoms with Crippen molar-refractivity contribution in [1.82, 2.24) is 9.80 Å². The third-order valence-corrected chi connectivity index (χ3v) is 3.58. The van der Waals surface area contributed by atoms with Gasteiger partial charge in [-0.15, -0.1) is 0 Å². The second-order valence-corrected chi connectivity index (χ2v) is 5.49. The van der Waals surface area contributed by atoms with E-state index in [2.05, 4.69) is 4.90 Å². The van der Waals surface area contributed by atoms with Crippen LogP contribution in [0, 0.1) is 17.5 Å². The fourth-order valence-corrected chi connectivity index (χ4v) is 2.70. The van der Waals surface area contributed by atoms with E-state index in [1.54, 1.807) is 0 Å². The molecule has 0 aromatic heterocycles. The minimum absolute atomic E-state index is 0.148. The molecular weight excluding hydrogens is 279 g/mol. The maximum absolute atomic E-state index is 13.4. The molecule has 0 aliphatic rings. The average Bonchev–Trinajstić information content (AvgIpc) is 2.40. The number of nitrogens with two attached hydrogens (primary N) is 1. The molecule has 2 atom stereocenters. The van der Waals surface area contributed by atoms with Crippen molar-refractivity contribution in [1.29, 1.82) is 0 Å². The van der Waals surface area contributed by atoms with Gasteiger partial charge in [0.25, 0.3) is 0 Å². The lowest BCUT2D eigenvalue weighted by atomic mass is 10.0. The van der Waals surface area contributed by atoms with Gasteiger partial charge in [0.2, 0.25) is 0 Å². The molecule has 0 aliphatic heterocycles. The van der Waals surface area contributed by atoms with E-state index in [1.807, 2.05) is 32.8 Å². The largest absolute Gasteiger partial charge is 0.329 e. The van der Waals surface area contributed by atoms with Crippen LogP contribution >= 0.6 is 0 Å². The molecule has 0 fully saturated rings. The van der Waals surface area contributed by atoms with E-state index in [-0.39, 0.29) is 18.6 Å². The molecule has 2 unspecified atom stereocenters. The molecule has 0 saturated heterocycles. The lowest BCUT2D eigenvalue weighted by Crippen LogP contribution is -2.44. The zero-order valence-electron chi connectivity index (χ0n) is 13.0. The van der Waals surface area contributed by atoms with Gasteiger partial charge in [-0.3, -0.25) is 4.90 Å². The highest BCUT2D eigenvalue weighted by Crippen LogP contribution is 2.25. The van der Waals surface area contributed by atoms with Crippen molar-refractivity contribution in [2.24, 2.45) is 5.73 Å². The van der Waals surface area contributed by atoms with Crippen LogP contribution in [0.4, 0.5) is 13.2 Å². The second-order valence-electron chi connectivity index (χ2n) is 5.49. The Bertz CT molecular complexity index is 442. The molecule has 0 saturated carbocycles. The van der Waals surface area contributed by atoms with Gasteiger partial charge in [-0.25, -0.2) is 13.2 Å². The Hall–Kier alpha value is -1.11. The van der Waals surface area contributed by atoms with Crippen LogP contribution in [-0.4, -0.2) is 49.6 Å². The lowest BCUT2D eigenvalue weighted by Gasteiger charge is -2.36. The lowest BCUT2D eigenvalue weighted by molar-refractivity contribution is 0.130. The van der Waals surface area contributed by atoms with Gasteiger partial charge in [-0.05, 0) is 45.3 Å². The summed E-state index contributed by atoms with van der Waals surface area (Å²) < 4.78 is 40.0. The summed E-state index contributed by atoms with van der Waals surface area (Å²) in [6, 6.07) is 1.85. The molecule has 1 aromatic rings. The summed E-state index contributed by atoms with van der Waals surface area (Å²) in [5, 5.41) is 0. The van der Waals surface area contributed by atoms with Gasteiger partial charge in [0.05, 0.1) is 0 Å². The zero-order chi connectivity index (χ0) is 16.2. The SMILES string of the molecule is CCN(C(C)CN(C)C)C(CN)c1cc(F)c(F)c(F)c1. The van der Waals surface area contributed by atoms with Crippen LogP contribution in [-0.2, 0) is 0 Å². The minimum atomic E-state index is -1.45. The number of benzene rings is 1. The van der Waals surface area contributed by atoms with Crippen molar-refractivity contribution in [2.75, 3.05) is 33.7 Å². The van der Waals surface area contributed by atoms with Gasteiger partial charge in [0, 0.05) is 25.2 Å². The Morgan fingerprint density at radius 1 is 1.14 bits per heavy atom. The Kier molecular flexibility index (Phi) is 6.64. The molecule has 21 heavy (non-hydrogen) atoms. The maximum atomic E-state index is 13.4. The number of halogens is 3. The summed E-state index contributed by atoms with van der Waals surface area (Å²) in [7, 11) is 3.91. The molecule has 0 spiro atoms. The molecular formula is C15H24F3N3. The Balaban J connectivity index is 3.09. The van der Waals surface area contributed by atoms with Crippen molar-refractivity contribution in [3.63, 3.8) is 0 Å².